The normalized spacial score (nSPS) is 16.4. The molecule has 1 saturated carbocycles. The van der Waals surface area contributed by atoms with Crippen molar-refractivity contribution >= 4 is 27.5 Å². The maximum absolute atomic E-state index is 13.3. The highest BCUT2D eigenvalue weighted by Crippen LogP contribution is 2.28. The number of nitrogens with one attached hydrogen (secondary N) is 1. The van der Waals surface area contributed by atoms with Crippen LogP contribution in [0.2, 0.25) is 5.02 Å². The summed E-state index contributed by atoms with van der Waals surface area (Å²) in [5.41, 5.74) is 0.873. The van der Waals surface area contributed by atoms with Crippen LogP contribution in [0.15, 0.2) is 53.4 Å². The van der Waals surface area contributed by atoms with Crippen LogP contribution in [0.1, 0.15) is 50.6 Å². The minimum absolute atomic E-state index is 0.00646. The lowest BCUT2D eigenvalue weighted by molar-refractivity contribution is -0.122. The fourth-order valence-electron chi connectivity index (χ4n) is 3.78. The zero-order valence-corrected chi connectivity index (χ0v) is 18.4. The molecule has 3 rings (SSSR count). The summed E-state index contributed by atoms with van der Waals surface area (Å²) in [7, 11) is -3.93. The maximum atomic E-state index is 13.3. The van der Waals surface area contributed by atoms with Gasteiger partial charge in [-0.2, -0.15) is 4.31 Å². The van der Waals surface area contributed by atoms with Crippen LogP contribution in [0, 0.1) is 5.82 Å². The maximum Gasteiger partial charge on any atom is 0.243 e. The van der Waals surface area contributed by atoms with Gasteiger partial charge in [-0.05, 0) is 61.7 Å². The molecule has 0 radical (unpaired) electrons. The van der Waals surface area contributed by atoms with E-state index in [1.165, 1.54) is 16.4 Å². The molecule has 0 bridgehead atoms. The number of hydrogen-bond donors (Lipinski definition) is 1. The summed E-state index contributed by atoms with van der Waals surface area (Å²) in [5, 5.41) is 3.47. The zero-order chi connectivity index (χ0) is 21.7. The van der Waals surface area contributed by atoms with Crippen LogP contribution in [-0.4, -0.2) is 31.2 Å². The third-order valence-electron chi connectivity index (χ3n) is 5.45. The van der Waals surface area contributed by atoms with Gasteiger partial charge < -0.3 is 5.32 Å². The second kappa shape index (κ2) is 9.90. The fourth-order valence-corrected chi connectivity index (χ4v) is 5.55. The number of hydrogen-bond acceptors (Lipinski definition) is 3. The number of amides is 1. The molecular formula is C22H26ClFN2O3S. The Morgan fingerprint density at radius 3 is 2.30 bits per heavy atom. The molecule has 0 heterocycles. The summed E-state index contributed by atoms with van der Waals surface area (Å²) in [6.07, 6.45) is 4.31. The lowest BCUT2D eigenvalue weighted by Gasteiger charge is -2.33. The summed E-state index contributed by atoms with van der Waals surface area (Å²) < 4.78 is 41.1. The van der Waals surface area contributed by atoms with Crippen LogP contribution in [0.4, 0.5) is 4.39 Å². The molecule has 1 aliphatic carbocycles. The van der Waals surface area contributed by atoms with Crippen molar-refractivity contribution in [2.45, 2.75) is 56.0 Å². The number of nitrogens with zero attached hydrogens (tertiary/aromatic N) is 1. The molecule has 1 fully saturated rings. The molecule has 5 nitrogen and oxygen atoms in total. The van der Waals surface area contributed by atoms with Crippen molar-refractivity contribution in [2.75, 3.05) is 6.54 Å². The first kappa shape index (κ1) is 22.7. The van der Waals surface area contributed by atoms with Crippen molar-refractivity contribution in [1.29, 1.82) is 0 Å². The molecule has 1 N–H and O–H groups in total. The fraction of sp³-hybridized carbons (Fsp3) is 0.409. The Hall–Kier alpha value is -1.96. The van der Waals surface area contributed by atoms with Crippen molar-refractivity contribution in [3.8, 4) is 0 Å². The van der Waals surface area contributed by atoms with Gasteiger partial charge in [-0.1, -0.05) is 43.0 Å². The smallest absolute Gasteiger partial charge is 0.243 e. The summed E-state index contributed by atoms with van der Waals surface area (Å²) in [6.45, 7) is 1.56. The quantitative estimate of drug-likeness (QED) is 0.663. The van der Waals surface area contributed by atoms with Gasteiger partial charge in [0.05, 0.1) is 17.5 Å². The molecule has 1 amide bonds. The number of carbonyl (C=O) groups excluding carboxylic acids is 1. The van der Waals surface area contributed by atoms with Crippen LogP contribution in [0.25, 0.3) is 0 Å². The summed E-state index contributed by atoms with van der Waals surface area (Å²) in [4.78, 5) is 12.8. The third kappa shape index (κ3) is 5.59. The van der Waals surface area contributed by atoms with E-state index in [0.717, 1.165) is 37.0 Å². The highest BCUT2D eigenvalue weighted by atomic mass is 35.5. The number of carbonyl (C=O) groups is 1. The molecular weight excluding hydrogens is 427 g/mol. The van der Waals surface area contributed by atoms with Gasteiger partial charge in [0, 0.05) is 11.1 Å². The van der Waals surface area contributed by atoms with Crippen LogP contribution >= 0.6 is 11.6 Å². The van der Waals surface area contributed by atoms with Gasteiger partial charge in [0.25, 0.3) is 0 Å². The summed E-state index contributed by atoms with van der Waals surface area (Å²) >= 11 is 5.91. The molecule has 8 heteroatoms. The first-order chi connectivity index (χ1) is 14.3. The van der Waals surface area contributed by atoms with Crippen LogP contribution < -0.4 is 5.32 Å². The molecule has 1 aliphatic rings. The standard InChI is InChI=1S/C22H26ClFN2O3S/c1-16(17-7-9-18(23)10-8-17)25-22(27)15-26(20-5-3-2-4-6-20)30(28,29)21-13-11-19(24)12-14-21/h7-14,16,20H,2-6,15H2,1H3,(H,25,27)/t16-/m1/s1. The van der Waals surface area contributed by atoms with Gasteiger partial charge in [-0.15, -0.1) is 0 Å². The van der Waals surface area contributed by atoms with Gasteiger partial charge in [0.2, 0.25) is 15.9 Å². The zero-order valence-electron chi connectivity index (χ0n) is 16.9. The summed E-state index contributed by atoms with van der Waals surface area (Å²) in [6, 6.07) is 11.3. The highest BCUT2D eigenvalue weighted by molar-refractivity contribution is 7.89. The Morgan fingerprint density at radius 1 is 1.10 bits per heavy atom. The number of rotatable bonds is 7. The average Bonchev–Trinajstić information content (AvgIpc) is 2.73. The molecule has 0 unspecified atom stereocenters. The SMILES string of the molecule is C[C@@H](NC(=O)CN(C1CCCCC1)S(=O)(=O)c1ccc(F)cc1)c1ccc(Cl)cc1. The minimum Gasteiger partial charge on any atom is -0.348 e. The molecule has 0 saturated heterocycles. The van der Waals surface area contributed by atoms with Gasteiger partial charge in [-0.25, -0.2) is 12.8 Å². The third-order valence-corrected chi connectivity index (χ3v) is 7.61. The Bertz CT molecular complexity index is 959. The Balaban J connectivity index is 1.79. The predicted octanol–water partition coefficient (Wildman–Crippen LogP) is 4.68. The average molecular weight is 453 g/mol. The first-order valence-corrected chi connectivity index (χ1v) is 11.9. The second-order valence-electron chi connectivity index (χ2n) is 7.64. The molecule has 30 heavy (non-hydrogen) atoms. The lowest BCUT2D eigenvalue weighted by Crippen LogP contribution is -2.47. The van der Waals surface area contributed by atoms with Crippen LogP contribution in [0.3, 0.4) is 0 Å². The van der Waals surface area contributed by atoms with E-state index in [0.29, 0.717) is 17.9 Å². The Morgan fingerprint density at radius 2 is 1.70 bits per heavy atom. The van der Waals surface area contributed by atoms with Gasteiger partial charge in [-0.3, -0.25) is 4.79 Å². The molecule has 162 valence electrons. The van der Waals surface area contributed by atoms with Crippen molar-refractivity contribution in [3.05, 3.63) is 64.9 Å². The molecule has 0 aromatic heterocycles. The van der Waals surface area contributed by atoms with Crippen molar-refractivity contribution in [1.82, 2.24) is 9.62 Å². The van der Waals surface area contributed by atoms with Gasteiger partial charge in [0.15, 0.2) is 0 Å². The van der Waals surface area contributed by atoms with E-state index in [-0.39, 0.29) is 29.4 Å². The van der Waals surface area contributed by atoms with Crippen molar-refractivity contribution < 1.29 is 17.6 Å². The molecule has 0 spiro atoms. The van der Waals surface area contributed by atoms with Gasteiger partial charge in [0.1, 0.15) is 5.82 Å². The lowest BCUT2D eigenvalue weighted by atomic mass is 9.95. The van der Waals surface area contributed by atoms with Crippen molar-refractivity contribution in [3.63, 3.8) is 0 Å². The van der Waals surface area contributed by atoms with E-state index in [4.69, 9.17) is 11.6 Å². The van der Waals surface area contributed by atoms with E-state index >= 15 is 0 Å². The Labute approximate surface area is 182 Å². The molecule has 0 aliphatic heterocycles. The second-order valence-corrected chi connectivity index (χ2v) is 9.96. The molecule has 1 atom stereocenters. The minimum atomic E-state index is -3.93. The summed E-state index contributed by atoms with van der Waals surface area (Å²) in [5.74, 6) is -0.888. The number of sulfonamides is 1. The van der Waals surface area contributed by atoms with E-state index in [2.05, 4.69) is 5.32 Å². The van der Waals surface area contributed by atoms with Gasteiger partial charge >= 0.3 is 0 Å². The monoisotopic (exact) mass is 452 g/mol. The van der Waals surface area contributed by atoms with Crippen molar-refractivity contribution in [2.24, 2.45) is 0 Å². The molecule has 2 aromatic carbocycles. The van der Waals surface area contributed by atoms with E-state index < -0.39 is 15.8 Å². The first-order valence-electron chi connectivity index (χ1n) is 10.1. The van der Waals surface area contributed by atoms with Crippen LogP contribution in [0.5, 0.6) is 0 Å². The number of benzene rings is 2. The number of halogens is 2. The highest BCUT2D eigenvalue weighted by Gasteiger charge is 2.34. The largest absolute Gasteiger partial charge is 0.348 e. The van der Waals surface area contributed by atoms with E-state index in [9.17, 15) is 17.6 Å². The van der Waals surface area contributed by atoms with Crippen LogP contribution in [-0.2, 0) is 14.8 Å². The topological polar surface area (TPSA) is 66.5 Å². The van der Waals surface area contributed by atoms with E-state index in [1.54, 1.807) is 12.1 Å². The Kier molecular flexibility index (Phi) is 7.50. The van der Waals surface area contributed by atoms with E-state index in [1.807, 2.05) is 19.1 Å². The molecule has 2 aromatic rings. The predicted molar refractivity (Wildman–Crippen MR) is 115 cm³/mol.